The molecular weight excluding hydrogens is 244 g/mol. The molecule has 2 unspecified atom stereocenters. The standard InChI is InChI=1S/C14H28N2O3/c1-4-12(5-2)16-13(17)11(3)19-14(9-15)7-6-8-18-10-14/h11-12H,4-10,15H2,1-3H3,(H,16,17). The lowest BCUT2D eigenvalue weighted by atomic mass is 9.96. The highest BCUT2D eigenvalue weighted by molar-refractivity contribution is 5.80. The van der Waals surface area contributed by atoms with E-state index in [2.05, 4.69) is 19.2 Å². The third-order valence-electron chi connectivity index (χ3n) is 3.79. The minimum absolute atomic E-state index is 0.0629. The van der Waals surface area contributed by atoms with Crippen LogP contribution in [0, 0.1) is 0 Å². The van der Waals surface area contributed by atoms with E-state index in [-0.39, 0.29) is 11.9 Å². The van der Waals surface area contributed by atoms with Crippen LogP contribution in [0.2, 0.25) is 0 Å². The van der Waals surface area contributed by atoms with Crippen molar-refractivity contribution in [3.8, 4) is 0 Å². The summed E-state index contributed by atoms with van der Waals surface area (Å²) < 4.78 is 11.4. The molecule has 0 aromatic carbocycles. The largest absolute Gasteiger partial charge is 0.378 e. The van der Waals surface area contributed by atoms with E-state index in [9.17, 15) is 4.79 Å². The van der Waals surface area contributed by atoms with Crippen LogP contribution in [0.25, 0.3) is 0 Å². The maximum absolute atomic E-state index is 12.1. The first-order valence-corrected chi connectivity index (χ1v) is 7.33. The number of hydrogen-bond acceptors (Lipinski definition) is 4. The summed E-state index contributed by atoms with van der Waals surface area (Å²) in [4.78, 5) is 12.1. The van der Waals surface area contributed by atoms with E-state index in [0.717, 1.165) is 32.3 Å². The minimum Gasteiger partial charge on any atom is -0.378 e. The molecule has 19 heavy (non-hydrogen) atoms. The summed E-state index contributed by atoms with van der Waals surface area (Å²) >= 11 is 0. The Bertz CT molecular complexity index is 274. The summed E-state index contributed by atoms with van der Waals surface area (Å²) in [5, 5.41) is 3.00. The second kappa shape index (κ2) is 7.82. The van der Waals surface area contributed by atoms with Crippen LogP contribution < -0.4 is 11.1 Å². The molecule has 0 aromatic rings. The van der Waals surface area contributed by atoms with Crippen LogP contribution in [0.5, 0.6) is 0 Å². The average Bonchev–Trinajstić information content (AvgIpc) is 2.45. The van der Waals surface area contributed by atoms with Crippen molar-refractivity contribution < 1.29 is 14.3 Å². The van der Waals surface area contributed by atoms with Gasteiger partial charge in [0.15, 0.2) is 0 Å². The van der Waals surface area contributed by atoms with E-state index in [0.29, 0.717) is 13.2 Å². The van der Waals surface area contributed by atoms with Crippen molar-refractivity contribution in [2.75, 3.05) is 19.8 Å². The monoisotopic (exact) mass is 272 g/mol. The summed E-state index contributed by atoms with van der Waals surface area (Å²) in [6, 6.07) is 0.218. The average molecular weight is 272 g/mol. The molecule has 1 aliphatic rings. The molecule has 1 rings (SSSR count). The van der Waals surface area contributed by atoms with Crippen molar-refractivity contribution in [1.82, 2.24) is 5.32 Å². The molecule has 0 radical (unpaired) electrons. The molecule has 5 nitrogen and oxygen atoms in total. The zero-order valence-electron chi connectivity index (χ0n) is 12.4. The number of nitrogens with one attached hydrogen (secondary N) is 1. The molecular formula is C14H28N2O3. The molecule has 1 amide bonds. The van der Waals surface area contributed by atoms with E-state index < -0.39 is 11.7 Å². The predicted molar refractivity (Wildman–Crippen MR) is 74.9 cm³/mol. The van der Waals surface area contributed by atoms with Crippen LogP contribution in [0.1, 0.15) is 46.5 Å². The van der Waals surface area contributed by atoms with Crippen molar-refractivity contribution in [1.29, 1.82) is 0 Å². The van der Waals surface area contributed by atoms with Gasteiger partial charge in [-0.05, 0) is 32.6 Å². The smallest absolute Gasteiger partial charge is 0.249 e. The fourth-order valence-corrected chi connectivity index (χ4v) is 2.37. The van der Waals surface area contributed by atoms with Gasteiger partial charge >= 0.3 is 0 Å². The molecule has 1 saturated heterocycles. The Morgan fingerprint density at radius 1 is 1.47 bits per heavy atom. The highest BCUT2D eigenvalue weighted by Gasteiger charge is 2.36. The van der Waals surface area contributed by atoms with Crippen LogP contribution in [0.3, 0.4) is 0 Å². The number of hydrogen-bond donors (Lipinski definition) is 2. The maximum atomic E-state index is 12.1. The normalized spacial score (nSPS) is 25.3. The summed E-state index contributed by atoms with van der Waals surface area (Å²) in [5.74, 6) is -0.0629. The summed E-state index contributed by atoms with van der Waals surface area (Å²) in [5.41, 5.74) is 5.31. The highest BCUT2D eigenvalue weighted by atomic mass is 16.6. The van der Waals surface area contributed by atoms with Crippen molar-refractivity contribution in [2.45, 2.75) is 64.2 Å². The first-order chi connectivity index (χ1) is 9.06. The van der Waals surface area contributed by atoms with Gasteiger partial charge in [0.05, 0.1) is 6.61 Å². The molecule has 3 N–H and O–H groups in total. The molecule has 1 fully saturated rings. The van der Waals surface area contributed by atoms with Gasteiger partial charge in [0.2, 0.25) is 5.91 Å². The first kappa shape index (κ1) is 16.4. The summed E-state index contributed by atoms with van der Waals surface area (Å²) in [6.07, 6.45) is 3.15. The number of ether oxygens (including phenoxy) is 2. The zero-order chi connectivity index (χ0) is 14.3. The fraction of sp³-hybridized carbons (Fsp3) is 0.929. The molecule has 0 aromatic heterocycles. The Kier molecular flexibility index (Phi) is 6.75. The Morgan fingerprint density at radius 2 is 2.16 bits per heavy atom. The maximum Gasteiger partial charge on any atom is 0.249 e. The van der Waals surface area contributed by atoms with E-state index in [4.69, 9.17) is 15.2 Å². The Balaban J connectivity index is 2.51. The number of carbonyl (C=O) groups excluding carboxylic acids is 1. The molecule has 0 spiro atoms. The van der Waals surface area contributed by atoms with Crippen molar-refractivity contribution in [3.05, 3.63) is 0 Å². The quantitative estimate of drug-likeness (QED) is 0.730. The Morgan fingerprint density at radius 3 is 2.63 bits per heavy atom. The number of carbonyl (C=O) groups is 1. The number of rotatable bonds is 7. The van der Waals surface area contributed by atoms with Gasteiger partial charge in [-0.2, -0.15) is 0 Å². The van der Waals surface area contributed by atoms with Crippen LogP contribution in [-0.4, -0.2) is 43.4 Å². The van der Waals surface area contributed by atoms with E-state index >= 15 is 0 Å². The number of amides is 1. The van der Waals surface area contributed by atoms with Gasteiger partial charge in [-0.25, -0.2) is 0 Å². The van der Waals surface area contributed by atoms with Gasteiger partial charge in [-0.1, -0.05) is 13.8 Å². The van der Waals surface area contributed by atoms with Crippen LogP contribution in [0.15, 0.2) is 0 Å². The van der Waals surface area contributed by atoms with Crippen LogP contribution >= 0.6 is 0 Å². The Hall–Kier alpha value is -0.650. The lowest BCUT2D eigenvalue weighted by Gasteiger charge is -2.37. The lowest BCUT2D eigenvalue weighted by molar-refractivity contribution is -0.165. The van der Waals surface area contributed by atoms with Gasteiger partial charge < -0.3 is 20.5 Å². The van der Waals surface area contributed by atoms with Gasteiger partial charge in [0, 0.05) is 19.2 Å². The van der Waals surface area contributed by atoms with Crippen molar-refractivity contribution in [2.24, 2.45) is 5.73 Å². The highest BCUT2D eigenvalue weighted by Crippen LogP contribution is 2.24. The third kappa shape index (κ3) is 4.75. The molecule has 112 valence electrons. The predicted octanol–water partition coefficient (Wildman–Crippen LogP) is 1.20. The molecule has 0 bridgehead atoms. The van der Waals surface area contributed by atoms with Crippen molar-refractivity contribution in [3.63, 3.8) is 0 Å². The van der Waals surface area contributed by atoms with Gasteiger partial charge in [0.1, 0.15) is 11.7 Å². The summed E-state index contributed by atoms with van der Waals surface area (Å²) in [7, 11) is 0. The zero-order valence-corrected chi connectivity index (χ0v) is 12.4. The lowest BCUT2D eigenvalue weighted by Crippen LogP contribution is -2.52. The molecule has 0 aliphatic carbocycles. The Labute approximate surface area is 116 Å². The molecule has 1 aliphatic heterocycles. The topological polar surface area (TPSA) is 73.6 Å². The fourth-order valence-electron chi connectivity index (χ4n) is 2.37. The third-order valence-corrected chi connectivity index (χ3v) is 3.79. The van der Waals surface area contributed by atoms with Crippen LogP contribution in [-0.2, 0) is 14.3 Å². The molecule has 0 saturated carbocycles. The van der Waals surface area contributed by atoms with E-state index in [1.807, 2.05) is 0 Å². The van der Waals surface area contributed by atoms with E-state index in [1.54, 1.807) is 6.92 Å². The summed E-state index contributed by atoms with van der Waals surface area (Å²) in [6.45, 7) is 7.53. The van der Waals surface area contributed by atoms with Crippen molar-refractivity contribution >= 4 is 5.91 Å². The second-order valence-corrected chi connectivity index (χ2v) is 5.33. The second-order valence-electron chi connectivity index (χ2n) is 5.33. The van der Waals surface area contributed by atoms with Gasteiger partial charge in [-0.3, -0.25) is 4.79 Å². The minimum atomic E-state index is -0.497. The first-order valence-electron chi connectivity index (χ1n) is 7.33. The van der Waals surface area contributed by atoms with Gasteiger partial charge in [0.25, 0.3) is 0 Å². The SMILES string of the molecule is CCC(CC)NC(=O)C(C)OC1(CN)CCCOC1. The molecule has 1 heterocycles. The molecule has 5 heteroatoms. The van der Waals surface area contributed by atoms with Crippen LogP contribution in [0.4, 0.5) is 0 Å². The molecule has 2 atom stereocenters. The van der Waals surface area contributed by atoms with Gasteiger partial charge in [-0.15, -0.1) is 0 Å². The number of nitrogens with two attached hydrogens (primary N) is 1. The van der Waals surface area contributed by atoms with E-state index in [1.165, 1.54) is 0 Å².